The Labute approximate surface area is 159 Å². The lowest BCUT2D eigenvalue weighted by atomic mass is 10.0. The van der Waals surface area contributed by atoms with Crippen LogP contribution < -0.4 is 0 Å². The number of amides is 1. The standard InChI is InChI=1S/C16H9F3N8O2/c17-16(18,19)15-22-8-24-27(15)12-4-10(3-11(5-12)14(28)25-29)13-2-1-9(6-21-13)7-23-26-20/h1-6,8H,7H2. The Kier molecular flexibility index (Phi) is 5.32. The van der Waals surface area contributed by atoms with Gasteiger partial charge in [0.05, 0.1) is 17.9 Å². The molecular weight excluding hydrogens is 393 g/mol. The highest BCUT2D eigenvalue weighted by Gasteiger charge is 2.37. The van der Waals surface area contributed by atoms with Crippen molar-refractivity contribution < 1.29 is 18.0 Å². The summed E-state index contributed by atoms with van der Waals surface area (Å²) in [5, 5.41) is 9.27. The summed E-state index contributed by atoms with van der Waals surface area (Å²) in [6, 6.07) is 6.75. The van der Waals surface area contributed by atoms with Gasteiger partial charge in [-0.05, 0) is 35.4 Å². The van der Waals surface area contributed by atoms with Gasteiger partial charge in [0.15, 0.2) is 0 Å². The van der Waals surface area contributed by atoms with E-state index in [9.17, 15) is 22.9 Å². The van der Waals surface area contributed by atoms with Gasteiger partial charge in [0.1, 0.15) is 6.33 Å². The third kappa shape index (κ3) is 4.25. The van der Waals surface area contributed by atoms with Crippen molar-refractivity contribution in [2.45, 2.75) is 12.7 Å². The van der Waals surface area contributed by atoms with E-state index in [2.05, 4.69) is 30.3 Å². The molecule has 0 atom stereocenters. The lowest BCUT2D eigenvalue weighted by Gasteiger charge is -2.11. The molecule has 1 aromatic carbocycles. The van der Waals surface area contributed by atoms with Crippen molar-refractivity contribution in [3.63, 3.8) is 0 Å². The van der Waals surface area contributed by atoms with Crippen molar-refractivity contribution >= 4 is 5.91 Å². The molecule has 0 saturated carbocycles. The summed E-state index contributed by atoms with van der Waals surface area (Å²) >= 11 is 0. The van der Waals surface area contributed by atoms with Gasteiger partial charge in [0.2, 0.25) is 5.82 Å². The second-order valence-electron chi connectivity index (χ2n) is 5.60. The number of halogens is 3. The van der Waals surface area contributed by atoms with Gasteiger partial charge < -0.3 is 0 Å². The van der Waals surface area contributed by atoms with Gasteiger partial charge >= 0.3 is 12.1 Å². The number of aromatic nitrogens is 4. The van der Waals surface area contributed by atoms with E-state index in [1.54, 1.807) is 6.07 Å². The molecule has 0 N–H and O–H groups in total. The van der Waals surface area contributed by atoms with Crippen molar-refractivity contribution in [1.82, 2.24) is 19.7 Å². The van der Waals surface area contributed by atoms with Crippen LogP contribution in [0.5, 0.6) is 0 Å². The topological polar surface area (TPSA) is 139 Å². The minimum Gasteiger partial charge on any atom is -0.263 e. The molecule has 10 nitrogen and oxygen atoms in total. The third-order valence-corrected chi connectivity index (χ3v) is 3.73. The first-order valence-corrected chi connectivity index (χ1v) is 7.80. The Morgan fingerprint density at radius 1 is 1.21 bits per heavy atom. The van der Waals surface area contributed by atoms with E-state index in [1.807, 2.05) is 0 Å². The maximum Gasteiger partial charge on any atom is 0.451 e. The molecule has 0 bridgehead atoms. The minimum absolute atomic E-state index is 0.0660. The van der Waals surface area contributed by atoms with Gasteiger partial charge in [-0.15, -0.1) is 4.91 Å². The number of rotatable bonds is 5. The van der Waals surface area contributed by atoms with E-state index >= 15 is 0 Å². The number of nitroso groups, excluding NO2 is 1. The van der Waals surface area contributed by atoms with Crippen LogP contribution >= 0.6 is 0 Å². The predicted octanol–water partition coefficient (Wildman–Crippen LogP) is 4.07. The molecule has 13 heteroatoms. The normalized spacial score (nSPS) is 11.0. The van der Waals surface area contributed by atoms with Crippen molar-refractivity contribution in [3.05, 3.63) is 75.2 Å². The number of nitrogens with zero attached hydrogens (tertiary/aromatic N) is 8. The third-order valence-electron chi connectivity index (χ3n) is 3.73. The van der Waals surface area contributed by atoms with E-state index in [1.165, 1.54) is 24.4 Å². The number of hydrogen-bond acceptors (Lipinski definition) is 6. The van der Waals surface area contributed by atoms with E-state index in [0.29, 0.717) is 15.9 Å². The summed E-state index contributed by atoms with van der Waals surface area (Å²) in [5.41, 5.74) is 9.09. The number of pyridine rings is 1. The second-order valence-corrected chi connectivity index (χ2v) is 5.60. The molecule has 0 aliphatic rings. The van der Waals surface area contributed by atoms with Crippen molar-refractivity contribution in [1.29, 1.82) is 0 Å². The van der Waals surface area contributed by atoms with E-state index in [-0.39, 0.29) is 23.4 Å². The largest absolute Gasteiger partial charge is 0.451 e. The van der Waals surface area contributed by atoms with Crippen LogP contribution in [0.25, 0.3) is 27.4 Å². The SMILES string of the molecule is [N-]=[N+]=NCc1ccc(-c2cc(C(=O)N=O)cc(-n3ncnc3C(F)(F)F)c2)nc1. The molecule has 0 aliphatic heterocycles. The molecule has 3 aromatic rings. The zero-order chi connectivity index (χ0) is 21.0. The Morgan fingerprint density at radius 3 is 2.62 bits per heavy atom. The summed E-state index contributed by atoms with van der Waals surface area (Å²) in [6.45, 7) is 0.0660. The summed E-state index contributed by atoms with van der Waals surface area (Å²) in [4.78, 5) is 32.4. The van der Waals surface area contributed by atoms with Crippen LogP contribution in [-0.2, 0) is 12.7 Å². The van der Waals surface area contributed by atoms with E-state index in [0.717, 1.165) is 12.4 Å². The lowest BCUT2D eigenvalue weighted by molar-refractivity contribution is -0.146. The quantitative estimate of drug-likeness (QED) is 0.274. The molecule has 3 rings (SSSR count). The van der Waals surface area contributed by atoms with Crippen LogP contribution in [0.3, 0.4) is 0 Å². The molecule has 0 radical (unpaired) electrons. The summed E-state index contributed by atoms with van der Waals surface area (Å²) < 4.78 is 40.0. The molecule has 146 valence electrons. The van der Waals surface area contributed by atoms with Crippen molar-refractivity contribution in [3.8, 4) is 16.9 Å². The van der Waals surface area contributed by atoms with Gasteiger partial charge in [-0.1, -0.05) is 11.2 Å². The molecule has 0 fully saturated rings. The predicted molar refractivity (Wildman–Crippen MR) is 92.6 cm³/mol. The van der Waals surface area contributed by atoms with E-state index in [4.69, 9.17) is 5.53 Å². The number of alkyl halides is 3. The van der Waals surface area contributed by atoms with Crippen molar-refractivity contribution in [2.24, 2.45) is 10.3 Å². The first kappa shape index (κ1) is 19.6. The number of benzene rings is 1. The zero-order valence-corrected chi connectivity index (χ0v) is 14.3. The van der Waals surface area contributed by atoms with Gasteiger partial charge in [-0.3, -0.25) is 9.78 Å². The number of azide groups is 1. The van der Waals surface area contributed by atoms with Crippen LogP contribution in [0.4, 0.5) is 13.2 Å². The minimum atomic E-state index is -4.79. The van der Waals surface area contributed by atoms with Crippen LogP contribution in [0.2, 0.25) is 0 Å². The van der Waals surface area contributed by atoms with Gasteiger partial charge in [0, 0.05) is 27.4 Å². The Bertz CT molecular complexity index is 1120. The summed E-state index contributed by atoms with van der Waals surface area (Å²) in [6.07, 6.45) is -2.66. The first-order chi connectivity index (χ1) is 13.8. The van der Waals surface area contributed by atoms with Crippen molar-refractivity contribution in [2.75, 3.05) is 0 Å². The van der Waals surface area contributed by atoms with Crippen LogP contribution in [-0.4, -0.2) is 25.7 Å². The van der Waals surface area contributed by atoms with Gasteiger partial charge in [-0.2, -0.15) is 18.3 Å². The first-order valence-electron chi connectivity index (χ1n) is 7.80. The fourth-order valence-electron chi connectivity index (χ4n) is 2.48. The smallest absolute Gasteiger partial charge is 0.263 e. The number of carbonyl (C=O) groups excluding carboxylic acids is 1. The summed E-state index contributed by atoms with van der Waals surface area (Å²) in [5.74, 6) is -2.47. The Balaban J connectivity index is 2.12. The van der Waals surface area contributed by atoms with Gasteiger partial charge in [-0.25, -0.2) is 9.67 Å². The van der Waals surface area contributed by atoms with Crippen LogP contribution in [0.15, 0.2) is 53.1 Å². The average Bonchev–Trinajstić information content (AvgIpc) is 3.22. The second kappa shape index (κ2) is 7.86. The number of hydrogen-bond donors (Lipinski definition) is 0. The monoisotopic (exact) mass is 402 g/mol. The van der Waals surface area contributed by atoms with Crippen LogP contribution in [0, 0.1) is 4.91 Å². The lowest BCUT2D eigenvalue weighted by Crippen LogP contribution is -2.15. The molecule has 0 spiro atoms. The molecule has 0 saturated heterocycles. The zero-order valence-electron chi connectivity index (χ0n) is 14.3. The maximum absolute atomic E-state index is 13.2. The molecule has 0 aliphatic carbocycles. The molecule has 29 heavy (non-hydrogen) atoms. The van der Waals surface area contributed by atoms with E-state index < -0.39 is 17.9 Å². The van der Waals surface area contributed by atoms with Crippen LogP contribution in [0.1, 0.15) is 21.7 Å². The molecule has 0 unspecified atom stereocenters. The molecular formula is C16H9F3N8O2. The molecule has 2 aromatic heterocycles. The fourth-order valence-corrected chi connectivity index (χ4v) is 2.48. The highest BCUT2D eigenvalue weighted by atomic mass is 19.4. The highest BCUT2D eigenvalue weighted by molar-refractivity contribution is 5.96. The molecule has 1 amide bonds. The Morgan fingerprint density at radius 2 is 2.00 bits per heavy atom. The average molecular weight is 402 g/mol. The molecule has 2 heterocycles. The highest BCUT2D eigenvalue weighted by Crippen LogP contribution is 2.30. The Hall–Kier alpha value is -4.12. The van der Waals surface area contributed by atoms with Gasteiger partial charge in [0.25, 0.3) is 0 Å². The summed E-state index contributed by atoms with van der Waals surface area (Å²) in [7, 11) is 0. The number of carbonyl (C=O) groups is 1. The fraction of sp³-hybridized carbons (Fsp3) is 0.125. The maximum atomic E-state index is 13.2.